The fraction of sp³-hybridized carbons (Fsp3) is 0.467. The number of anilines is 1. The Kier molecular flexibility index (Phi) is 6.03. The summed E-state index contributed by atoms with van der Waals surface area (Å²) in [5.74, 6) is -0.509. The molecule has 0 fully saturated rings. The van der Waals surface area contributed by atoms with Crippen LogP contribution in [0.15, 0.2) is 24.3 Å². The topological polar surface area (TPSA) is 75.6 Å². The summed E-state index contributed by atoms with van der Waals surface area (Å²) in [7, 11) is 0. The van der Waals surface area contributed by atoms with Gasteiger partial charge >= 0.3 is 5.97 Å². The third-order valence-electron chi connectivity index (χ3n) is 2.57. The second kappa shape index (κ2) is 7.53. The number of aliphatic carboxylic acids is 1. The van der Waals surface area contributed by atoms with Crippen molar-refractivity contribution < 1.29 is 19.4 Å². The number of carbonyl (C=O) groups excluding carboxylic acids is 1. The van der Waals surface area contributed by atoms with E-state index < -0.39 is 5.97 Å². The number of hydrogen-bond acceptors (Lipinski definition) is 3. The minimum Gasteiger partial charge on any atom is -0.491 e. The van der Waals surface area contributed by atoms with E-state index in [1.165, 1.54) is 0 Å². The Morgan fingerprint density at radius 1 is 1.15 bits per heavy atom. The van der Waals surface area contributed by atoms with Crippen LogP contribution in [0.3, 0.4) is 0 Å². The highest BCUT2D eigenvalue weighted by Crippen LogP contribution is 2.17. The van der Waals surface area contributed by atoms with Crippen LogP contribution in [0.25, 0.3) is 0 Å². The molecule has 0 aliphatic carbocycles. The van der Waals surface area contributed by atoms with Crippen LogP contribution in [0.1, 0.15) is 33.6 Å². The Bertz CT molecular complexity index is 453. The monoisotopic (exact) mass is 279 g/mol. The summed E-state index contributed by atoms with van der Waals surface area (Å²) in [5, 5.41) is 11.4. The number of nitrogens with one attached hydrogen (secondary N) is 1. The van der Waals surface area contributed by atoms with Gasteiger partial charge in [0, 0.05) is 18.5 Å². The highest BCUT2D eigenvalue weighted by Gasteiger charge is 2.12. The van der Waals surface area contributed by atoms with Gasteiger partial charge < -0.3 is 15.2 Å². The van der Waals surface area contributed by atoms with E-state index >= 15 is 0 Å². The molecule has 2 N–H and O–H groups in total. The molecule has 110 valence electrons. The van der Waals surface area contributed by atoms with Crippen LogP contribution in [0, 0.1) is 5.92 Å². The molecule has 0 heterocycles. The van der Waals surface area contributed by atoms with Crippen LogP contribution in [0.4, 0.5) is 5.69 Å². The molecule has 1 unspecified atom stereocenters. The zero-order chi connectivity index (χ0) is 15.1. The summed E-state index contributed by atoms with van der Waals surface area (Å²) >= 11 is 0. The first-order valence-electron chi connectivity index (χ1n) is 6.65. The average Bonchev–Trinajstić information content (AvgIpc) is 2.29. The molecule has 0 aliphatic heterocycles. The van der Waals surface area contributed by atoms with Crippen molar-refractivity contribution in [2.24, 2.45) is 5.92 Å². The Hall–Kier alpha value is -2.04. The van der Waals surface area contributed by atoms with Gasteiger partial charge in [-0.1, -0.05) is 6.92 Å². The van der Waals surface area contributed by atoms with Gasteiger partial charge in [-0.05, 0) is 44.0 Å². The summed E-state index contributed by atoms with van der Waals surface area (Å²) in [6.45, 7) is 5.63. The fourth-order valence-electron chi connectivity index (χ4n) is 1.79. The Balaban J connectivity index is 2.47. The molecule has 1 aromatic rings. The zero-order valence-corrected chi connectivity index (χ0v) is 12.1. The summed E-state index contributed by atoms with van der Waals surface area (Å²) in [6, 6.07) is 7.10. The van der Waals surface area contributed by atoms with Crippen molar-refractivity contribution in [2.45, 2.75) is 39.7 Å². The van der Waals surface area contributed by atoms with Gasteiger partial charge in [0.1, 0.15) is 5.75 Å². The lowest BCUT2D eigenvalue weighted by atomic mass is 10.0. The van der Waals surface area contributed by atoms with Crippen LogP contribution < -0.4 is 10.1 Å². The van der Waals surface area contributed by atoms with Crippen LogP contribution in [0.2, 0.25) is 0 Å². The van der Waals surface area contributed by atoms with Crippen molar-refractivity contribution in [1.29, 1.82) is 0 Å². The van der Waals surface area contributed by atoms with E-state index in [-0.39, 0.29) is 30.8 Å². The van der Waals surface area contributed by atoms with E-state index in [0.29, 0.717) is 5.69 Å². The van der Waals surface area contributed by atoms with Crippen molar-refractivity contribution in [2.75, 3.05) is 5.32 Å². The Morgan fingerprint density at radius 2 is 1.75 bits per heavy atom. The standard InChI is InChI=1S/C15H21NO4/c1-10(2)20-13-6-4-12(5-7-13)16-14(17)8-11(3)9-15(18)19/h4-7,10-11H,8-9H2,1-3H3,(H,16,17)(H,18,19). The number of rotatable bonds is 7. The molecule has 1 aromatic carbocycles. The lowest BCUT2D eigenvalue weighted by Gasteiger charge is -2.12. The van der Waals surface area contributed by atoms with Gasteiger partial charge in [-0.15, -0.1) is 0 Å². The van der Waals surface area contributed by atoms with Gasteiger partial charge in [-0.3, -0.25) is 9.59 Å². The number of ether oxygens (including phenoxy) is 1. The number of hydrogen-bond donors (Lipinski definition) is 2. The van der Waals surface area contributed by atoms with Gasteiger partial charge in [-0.2, -0.15) is 0 Å². The molecule has 0 saturated carbocycles. The minimum absolute atomic E-state index is 0.00537. The molecule has 0 radical (unpaired) electrons. The van der Waals surface area contributed by atoms with E-state index in [9.17, 15) is 9.59 Å². The van der Waals surface area contributed by atoms with Crippen molar-refractivity contribution >= 4 is 17.6 Å². The fourth-order valence-corrected chi connectivity index (χ4v) is 1.79. The normalized spacial score (nSPS) is 12.0. The molecule has 0 aliphatic rings. The second-order valence-electron chi connectivity index (χ2n) is 5.15. The molecule has 1 atom stereocenters. The Morgan fingerprint density at radius 3 is 2.25 bits per heavy atom. The lowest BCUT2D eigenvalue weighted by molar-refractivity contribution is -0.138. The van der Waals surface area contributed by atoms with Crippen LogP contribution in [0.5, 0.6) is 5.75 Å². The number of carbonyl (C=O) groups is 2. The molecular weight excluding hydrogens is 258 g/mol. The predicted molar refractivity (Wildman–Crippen MR) is 76.9 cm³/mol. The summed E-state index contributed by atoms with van der Waals surface area (Å²) in [5.41, 5.74) is 0.675. The smallest absolute Gasteiger partial charge is 0.303 e. The summed E-state index contributed by atoms with van der Waals surface area (Å²) in [6.07, 6.45) is 0.290. The van der Waals surface area contributed by atoms with Crippen LogP contribution in [-0.2, 0) is 9.59 Å². The lowest BCUT2D eigenvalue weighted by Crippen LogP contribution is -2.17. The first-order valence-corrected chi connectivity index (χ1v) is 6.65. The van der Waals surface area contributed by atoms with Gasteiger partial charge in [-0.25, -0.2) is 0 Å². The summed E-state index contributed by atoms with van der Waals surface area (Å²) in [4.78, 5) is 22.3. The zero-order valence-electron chi connectivity index (χ0n) is 12.1. The second-order valence-corrected chi connectivity index (χ2v) is 5.15. The largest absolute Gasteiger partial charge is 0.491 e. The van der Waals surface area contributed by atoms with E-state index in [2.05, 4.69) is 5.32 Å². The number of amides is 1. The maximum atomic E-state index is 11.7. The first kappa shape index (κ1) is 16.0. The highest BCUT2D eigenvalue weighted by molar-refractivity contribution is 5.91. The molecule has 5 heteroatoms. The SMILES string of the molecule is CC(CC(=O)O)CC(=O)Nc1ccc(OC(C)C)cc1. The molecule has 5 nitrogen and oxygen atoms in total. The Labute approximate surface area is 118 Å². The van der Waals surface area contributed by atoms with Gasteiger partial charge in [0.15, 0.2) is 0 Å². The van der Waals surface area contributed by atoms with Crippen molar-refractivity contribution in [1.82, 2.24) is 0 Å². The van der Waals surface area contributed by atoms with Crippen molar-refractivity contribution in [3.05, 3.63) is 24.3 Å². The number of benzene rings is 1. The van der Waals surface area contributed by atoms with E-state index in [1.54, 1.807) is 31.2 Å². The van der Waals surface area contributed by atoms with Gasteiger partial charge in [0.25, 0.3) is 0 Å². The maximum absolute atomic E-state index is 11.7. The van der Waals surface area contributed by atoms with Crippen LogP contribution >= 0.6 is 0 Å². The third kappa shape index (κ3) is 6.22. The molecule has 1 amide bonds. The molecular formula is C15H21NO4. The molecule has 0 aromatic heterocycles. The third-order valence-corrected chi connectivity index (χ3v) is 2.57. The van der Waals surface area contributed by atoms with Crippen LogP contribution in [-0.4, -0.2) is 23.1 Å². The number of carboxylic acid groups (broad SMARTS) is 1. The van der Waals surface area contributed by atoms with E-state index in [4.69, 9.17) is 9.84 Å². The van der Waals surface area contributed by atoms with E-state index in [1.807, 2.05) is 13.8 Å². The van der Waals surface area contributed by atoms with E-state index in [0.717, 1.165) is 5.75 Å². The predicted octanol–water partition coefficient (Wildman–Crippen LogP) is 2.91. The van der Waals surface area contributed by atoms with Gasteiger partial charge in [0.05, 0.1) is 6.10 Å². The van der Waals surface area contributed by atoms with Crippen molar-refractivity contribution in [3.63, 3.8) is 0 Å². The minimum atomic E-state index is -0.888. The van der Waals surface area contributed by atoms with Crippen molar-refractivity contribution in [3.8, 4) is 5.75 Å². The van der Waals surface area contributed by atoms with Gasteiger partial charge in [0.2, 0.25) is 5.91 Å². The highest BCUT2D eigenvalue weighted by atomic mass is 16.5. The molecule has 0 saturated heterocycles. The molecule has 20 heavy (non-hydrogen) atoms. The summed E-state index contributed by atoms with van der Waals surface area (Å²) < 4.78 is 5.50. The average molecular weight is 279 g/mol. The maximum Gasteiger partial charge on any atom is 0.303 e. The molecule has 0 spiro atoms. The first-order chi connectivity index (χ1) is 9.36. The molecule has 0 bridgehead atoms. The molecule has 1 rings (SSSR count). The number of carboxylic acids is 1. The quantitative estimate of drug-likeness (QED) is 0.804.